The first-order valence-corrected chi connectivity index (χ1v) is 13.1. The van der Waals surface area contributed by atoms with Gasteiger partial charge in [0.05, 0.1) is 16.8 Å². The standard InChI is InChI=1S/C31H24F4N4O4/c1-3-38-28-24(25(17(2)30(42)43)37-39(28)22-10-5-4-6-11-22)23(18-12-14-21(32)15-13-18)26(29(38)41)36-27(40)19-8-7-9-20(16-19)31(33,34)35/h4-16,23,26H,2-3H2,1H3,(H,36,40)(H,42,43). The van der Waals surface area contributed by atoms with Gasteiger partial charge in [-0.15, -0.1) is 0 Å². The SMILES string of the molecule is C=C(C(=O)O)c1nn(-c2ccccc2)c2c1C(c1ccc(F)cc1)C(NC(=O)c1cccc(C(F)(F)F)c1)C(=O)N2CC. The first-order chi connectivity index (χ1) is 20.4. The van der Waals surface area contributed by atoms with Gasteiger partial charge in [0, 0.05) is 23.6 Å². The van der Waals surface area contributed by atoms with E-state index >= 15 is 0 Å². The van der Waals surface area contributed by atoms with E-state index in [1.807, 2.05) is 0 Å². The average molecular weight is 593 g/mol. The number of carboxylic acid groups (broad SMARTS) is 1. The largest absolute Gasteiger partial charge is 0.478 e. The van der Waals surface area contributed by atoms with Crippen molar-refractivity contribution in [2.24, 2.45) is 0 Å². The van der Waals surface area contributed by atoms with Crippen molar-refractivity contribution < 1.29 is 37.1 Å². The Morgan fingerprint density at radius 1 is 1.02 bits per heavy atom. The van der Waals surface area contributed by atoms with E-state index in [4.69, 9.17) is 0 Å². The molecule has 0 spiro atoms. The molecule has 1 aliphatic heterocycles. The molecular formula is C31H24F4N4O4. The minimum Gasteiger partial charge on any atom is -0.478 e. The molecule has 1 aliphatic rings. The Morgan fingerprint density at radius 2 is 1.70 bits per heavy atom. The lowest BCUT2D eigenvalue weighted by molar-refractivity contribution is -0.137. The molecule has 12 heteroatoms. The van der Waals surface area contributed by atoms with Crippen molar-refractivity contribution in [1.82, 2.24) is 15.1 Å². The normalized spacial score (nSPS) is 16.5. The molecule has 0 saturated heterocycles. The molecule has 0 fully saturated rings. The first kappa shape index (κ1) is 29.2. The summed E-state index contributed by atoms with van der Waals surface area (Å²) < 4.78 is 55.5. The number of amides is 2. The van der Waals surface area contributed by atoms with E-state index in [9.17, 15) is 37.1 Å². The Morgan fingerprint density at radius 3 is 2.30 bits per heavy atom. The number of carbonyl (C=O) groups is 3. The van der Waals surface area contributed by atoms with Crippen LogP contribution in [0.4, 0.5) is 23.4 Å². The van der Waals surface area contributed by atoms with Gasteiger partial charge in [0.25, 0.3) is 11.8 Å². The maximum Gasteiger partial charge on any atom is 0.416 e. The number of carbonyl (C=O) groups excluding carboxylic acids is 2. The predicted molar refractivity (Wildman–Crippen MR) is 149 cm³/mol. The molecule has 4 aromatic rings. The summed E-state index contributed by atoms with van der Waals surface area (Å²) in [4.78, 5) is 41.0. The molecular weight excluding hydrogens is 568 g/mol. The molecule has 0 bridgehead atoms. The fraction of sp³-hybridized carbons (Fsp3) is 0.161. The van der Waals surface area contributed by atoms with E-state index in [-0.39, 0.29) is 29.2 Å². The minimum atomic E-state index is -4.71. The third-order valence-electron chi connectivity index (χ3n) is 7.16. The molecule has 3 aromatic carbocycles. The molecule has 0 radical (unpaired) electrons. The van der Waals surface area contributed by atoms with Crippen molar-refractivity contribution in [3.8, 4) is 5.69 Å². The smallest absolute Gasteiger partial charge is 0.416 e. The van der Waals surface area contributed by atoms with Crippen LogP contribution in [0.15, 0.2) is 85.4 Å². The van der Waals surface area contributed by atoms with Gasteiger partial charge in [0.2, 0.25) is 0 Å². The van der Waals surface area contributed by atoms with Crippen LogP contribution in [0.5, 0.6) is 0 Å². The number of halogens is 4. The van der Waals surface area contributed by atoms with Crippen LogP contribution in [0.2, 0.25) is 0 Å². The molecule has 2 atom stereocenters. The molecule has 5 rings (SSSR count). The van der Waals surface area contributed by atoms with Crippen molar-refractivity contribution in [3.05, 3.63) is 119 Å². The highest BCUT2D eigenvalue weighted by Crippen LogP contribution is 2.45. The van der Waals surface area contributed by atoms with Gasteiger partial charge in [-0.3, -0.25) is 14.5 Å². The third-order valence-corrected chi connectivity index (χ3v) is 7.16. The van der Waals surface area contributed by atoms with Gasteiger partial charge < -0.3 is 10.4 Å². The Labute approximate surface area is 242 Å². The van der Waals surface area contributed by atoms with Crippen molar-refractivity contribution in [3.63, 3.8) is 0 Å². The van der Waals surface area contributed by atoms with Gasteiger partial charge >= 0.3 is 12.1 Å². The maximum atomic E-state index is 14.1. The zero-order valence-corrected chi connectivity index (χ0v) is 22.6. The summed E-state index contributed by atoms with van der Waals surface area (Å²) in [6.45, 7) is 5.42. The van der Waals surface area contributed by atoms with Crippen LogP contribution in [0.3, 0.4) is 0 Å². The van der Waals surface area contributed by atoms with Crippen molar-refractivity contribution in [2.45, 2.75) is 25.1 Å². The summed E-state index contributed by atoms with van der Waals surface area (Å²) in [6.07, 6.45) is -4.71. The molecule has 8 nitrogen and oxygen atoms in total. The van der Waals surface area contributed by atoms with E-state index in [0.29, 0.717) is 17.3 Å². The molecule has 220 valence electrons. The van der Waals surface area contributed by atoms with Crippen LogP contribution < -0.4 is 10.2 Å². The zero-order valence-electron chi connectivity index (χ0n) is 22.6. The molecule has 43 heavy (non-hydrogen) atoms. The van der Waals surface area contributed by atoms with Gasteiger partial charge in [0.1, 0.15) is 23.4 Å². The lowest BCUT2D eigenvalue weighted by Gasteiger charge is -2.38. The number of hydrogen-bond acceptors (Lipinski definition) is 4. The summed E-state index contributed by atoms with van der Waals surface area (Å²) in [5.74, 6) is -4.47. The van der Waals surface area contributed by atoms with Gasteiger partial charge in [-0.25, -0.2) is 13.9 Å². The first-order valence-electron chi connectivity index (χ1n) is 13.1. The number of carboxylic acids is 1. The van der Waals surface area contributed by atoms with E-state index < -0.39 is 52.9 Å². The quantitative estimate of drug-likeness (QED) is 0.220. The second-order valence-electron chi connectivity index (χ2n) is 9.76. The molecule has 2 amide bonds. The number of likely N-dealkylation sites (N-methyl/N-ethyl adjacent to an activating group) is 1. The van der Waals surface area contributed by atoms with Crippen LogP contribution in [0.25, 0.3) is 11.3 Å². The summed E-state index contributed by atoms with van der Waals surface area (Å²) in [5, 5.41) is 17.0. The molecule has 2 unspecified atom stereocenters. The number of aliphatic carboxylic acids is 1. The molecule has 2 N–H and O–H groups in total. The Bertz CT molecular complexity index is 1730. The molecule has 2 heterocycles. The van der Waals surface area contributed by atoms with Gasteiger partial charge in [0.15, 0.2) is 0 Å². The second-order valence-corrected chi connectivity index (χ2v) is 9.76. The zero-order chi connectivity index (χ0) is 31.1. The van der Waals surface area contributed by atoms with Crippen LogP contribution >= 0.6 is 0 Å². The number of rotatable bonds is 7. The highest BCUT2D eigenvalue weighted by Gasteiger charge is 2.47. The van der Waals surface area contributed by atoms with Crippen molar-refractivity contribution >= 4 is 29.2 Å². The van der Waals surface area contributed by atoms with Crippen molar-refractivity contribution in [2.75, 3.05) is 11.4 Å². The summed E-state index contributed by atoms with van der Waals surface area (Å²) in [7, 11) is 0. The van der Waals surface area contributed by atoms with E-state index in [1.165, 1.54) is 27.8 Å². The monoisotopic (exact) mass is 592 g/mol. The van der Waals surface area contributed by atoms with Crippen LogP contribution in [-0.4, -0.2) is 45.3 Å². The van der Waals surface area contributed by atoms with Crippen LogP contribution in [0.1, 0.15) is 45.6 Å². The lowest BCUT2D eigenvalue weighted by atomic mass is 9.80. The van der Waals surface area contributed by atoms with E-state index in [2.05, 4.69) is 17.0 Å². The van der Waals surface area contributed by atoms with Crippen molar-refractivity contribution in [1.29, 1.82) is 0 Å². The second kappa shape index (κ2) is 11.2. The highest BCUT2D eigenvalue weighted by molar-refractivity contribution is 6.15. The molecule has 0 saturated carbocycles. The fourth-order valence-corrected chi connectivity index (χ4v) is 5.16. The number of nitrogens with one attached hydrogen (secondary N) is 1. The number of hydrogen-bond donors (Lipinski definition) is 2. The topological polar surface area (TPSA) is 105 Å². The Hall–Kier alpha value is -5.26. The minimum absolute atomic E-state index is 0.0649. The van der Waals surface area contributed by atoms with Crippen LogP contribution in [0, 0.1) is 5.82 Å². The summed E-state index contributed by atoms with van der Waals surface area (Å²) in [5.41, 5.74) is -0.821. The fourth-order valence-electron chi connectivity index (χ4n) is 5.16. The number of benzene rings is 3. The predicted octanol–water partition coefficient (Wildman–Crippen LogP) is 5.43. The average Bonchev–Trinajstić information content (AvgIpc) is 3.37. The lowest BCUT2D eigenvalue weighted by Crippen LogP contribution is -2.55. The third kappa shape index (κ3) is 5.39. The Balaban J connectivity index is 1.74. The Kier molecular flexibility index (Phi) is 7.61. The number of anilines is 1. The number of para-hydroxylation sites is 1. The maximum absolute atomic E-state index is 14.1. The van der Waals surface area contributed by atoms with E-state index in [1.54, 1.807) is 37.3 Å². The molecule has 0 aliphatic carbocycles. The number of alkyl halides is 3. The number of fused-ring (bicyclic) bond motifs is 1. The van der Waals surface area contributed by atoms with Gasteiger partial charge in [-0.2, -0.15) is 18.3 Å². The summed E-state index contributed by atoms with van der Waals surface area (Å²) in [6, 6.07) is 16.0. The van der Waals surface area contributed by atoms with E-state index in [0.717, 1.165) is 24.3 Å². The summed E-state index contributed by atoms with van der Waals surface area (Å²) >= 11 is 0. The van der Waals surface area contributed by atoms with Gasteiger partial charge in [-0.05, 0) is 55.0 Å². The van der Waals surface area contributed by atoms with Gasteiger partial charge in [-0.1, -0.05) is 43.0 Å². The number of nitrogens with zero attached hydrogens (tertiary/aromatic N) is 3. The number of aromatic nitrogens is 2. The van der Waals surface area contributed by atoms with Crippen LogP contribution in [-0.2, 0) is 15.8 Å². The highest BCUT2D eigenvalue weighted by atomic mass is 19.4. The molecule has 1 aromatic heterocycles.